The van der Waals surface area contributed by atoms with Gasteiger partial charge in [0.25, 0.3) is 0 Å². The molecular weight excluding hydrogens is 772 g/mol. The monoisotopic (exact) mass is 820 g/mol. The van der Waals surface area contributed by atoms with Crippen molar-refractivity contribution in [3.63, 3.8) is 0 Å². The number of hydrogen-bond acceptors (Lipinski definition) is 14. The molecule has 0 aliphatic carbocycles. The first-order valence-corrected chi connectivity index (χ1v) is 18.7. The molecule has 2 aliphatic rings. The van der Waals surface area contributed by atoms with Gasteiger partial charge in [0.1, 0.15) is 41.2 Å². The number of oxime groups is 2. The van der Waals surface area contributed by atoms with Crippen LogP contribution in [0, 0.1) is 13.8 Å². The number of aldehydes is 1. The predicted molar refractivity (Wildman–Crippen MR) is 209 cm³/mol. The van der Waals surface area contributed by atoms with E-state index in [1.807, 2.05) is 108 Å². The minimum atomic E-state index is -0.853. The van der Waals surface area contributed by atoms with Crippen LogP contribution in [0.1, 0.15) is 86.5 Å². The maximum atomic E-state index is 10.4. The van der Waals surface area contributed by atoms with Crippen LogP contribution in [0.2, 0.25) is 0 Å². The van der Waals surface area contributed by atoms with Gasteiger partial charge in [0, 0.05) is 24.2 Å². The Balaban J connectivity index is 0.000000202. The van der Waals surface area contributed by atoms with E-state index in [1.165, 1.54) is 0 Å². The summed E-state index contributed by atoms with van der Waals surface area (Å²) >= 11 is 3.31. The lowest BCUT2D eigenvalue weighted by Gasteiger charge is -2.22. The molecule has 6 rings (SSSR count). The minimum Gasteiger partial charge on any atom is -0.395 e. The lowest BCUT2D eigenvalue weighted by Crippen LogP contribution is -2.24. The molecule has 55 heavy (non-hydrogen) atoms. The molecule has 0 amide bonds. The number of carbonyl (C=O) groups is 1. The van der Waals surface area contributed by atoms with E-state index >= 15 is 0 Å². The summed E-state index contributed by atoms with van der Waals surface area (Å²) < 4.78 is 23.0. The molecule has 2 saturated heterocycles. The van der Waals surface area contributed by atoms with Crippen LogP contribution >= 0.6 is 15.9 Å². The maximum Gasteiger partial charge on any atom is 0.209 e. The van der Waals surface area contributed by atoms with E-state index in [0.717, 1.165) is 39.4 Å². The smallest absolute Gasteiger partial charge is 0.209 e. The summed E-state index contributed by atoms with van der Waals surface area (Å²) in [5, 5.41) is 18.3. The van der Waals surface area contributed by atoms with Crippen molar-refractivity contribution in [2.24, 2.45) is 10.3 Å². The van der Waals surface area contributed by atoms with E-state index in [2.05, 4.69) is 46.2 Å². The molecule has 0 saturated carbocycles. The molecule has 0 aromatic carbocycles. The second-order valence-electron chi connectivity index (χ2n) is 12.7. The Hall–Kier alpha value is -4.51. The third kappa shape index (κ3) is 13.6. The second kappa shape index (κ2) is 21.5. The molecule has 0 spiro atoms. The average Bonchev–Trinajstić information content (AvgIpc) is 3.85. The number of aliphatic hydroxyl groups excluding tert-OH is 1. The van der Waals surface area contributed by atoms with E-state index in [4.69, 9.17) is 28.6 Å². The van der Waals surface area contributed by atoms with Gasteiger partial charge in [-0.05, 0) is 106 Å². The largest absolute Gasteiger partial charge is 0.395 e. The first kappa shape index (κ1) is 43.2. The summed E-state index contributed by atoms with van der Waals surface area (Å²) in [6, 6.07) is 22.6. The molecule has 4 aromatic rings. The highest BCUT2D eigenvalue weighted by molar-refractivity contribution is 9.10. The summed E-state index contributed by atoms with van der Waals surface area (Å²) in [5.74, 6) is -1.52. The number of nitrogens with zero attached hydrogens (tertiary/aromatic N) is 6. The summed E-state index contributed by atoms with van der Waals surface area (Å²) in [7, 11) is 0. The Labute approximate surface area is 330 Å². The van der Waals surface area contributed by atoms with Gasteiger partial charge in [-0.1, -0.05) is 34.6 Å². The number of hydrogen-bond donors (Lipinski definition) is 1. The molecule has 14 nitrogen and oxygen atoms in total. The molecule has 1 unspecified atom stereocenters. The number of ether oxygens (including phenoxy) is 4. The Morgan fingerprint density at radius 3 is 1.71 bits per heavy atom. The summed E-state index contributed by atoms with van der Waals surface area (Å²) in [6.45, 7) is 14.1. The van der Waals surface area contributed by atoms with Gasteiger partial charge < -0.3 is 38.5 Å². The van der Waals surface area contributed by atoms with Gasteiger partial charge >= 0.3 is 0 Å². The van der Waals surface area contributed by atoms with Crippen LogP contribution in [0.15, 0.2) is 87.7 Å². The third-order valence-electron chi connectivity index (χ3n) is 8.16. The van der Waals surface area contributed by atoms with E-state index < -0.39 is 17.7 Å². The fourth-order valence-electron chi connectivity index (χ4n) is 5.16. The first-order valence-electron chi connectivity index (χ1n) is 17.9. The number of aromatic nitrogens is 4. The fraction of sp³-hybridized carbons (Fsp3) is 0.425. The van der Waals surface area contributed by atoms with Gasteiger partial charge in [-0.3, -0.25) is 9.97 Å². The second-order valence-corrected chi connectivity index (χ2v) is 13.5. The molecule has 0 radical (unpaired) electrons. The van der Waals surface area contributed by atoms with Crippen LogP contribution in [-0.2, 0) is 45.0 Å². The molecule has 1 atom stereocenters. The van der Waals surface area contributed by atoms with Crippen molar-refractivity contribution in [2.75, 3.05) is 39.6 Å². The van der Waals surface area contributed by atoms with Crippen LogP contribution in [-0.4, -0.2) is 82.4 Å². The quantitative estimate of drug-likeness (QED) is 0.0502. The van der Waals surface area contributed by atoms with Crippen molar-refractivity contribution in [1.29, 1.82) is 0 Å². The summed E-state index contributed by atoms with van der Waals surface area (Å²) in [5.41, 5.74) is 6.84. The normalized spacial score (nSPS) is 16.6. The van der Waals surface area contributed by atoms with Crippen molar-refractivity contribution in [2.45, 2.75) is 72.1 Å². The van der Waals surface area contributed by atoms with Crippen molar-refractivity contribution < 1.29 is 38.5 Å². The molecule has 2 aliphatic heterocycles. The summed E-state index contributed by atoms with van der Waals surface area (Å²) in [4.78, 5) is 37.8. The molecule has 2 fully saturated rings. The van der Waals surface area contributed by atoms with E-state index in [1.54, 1.807) is 6.07 Å². The highest BCUT2D eigenvalue weighted by Crippen LogP contribution is 2.31. The zero-order valence-corrected chi connectivity index (χ0v) is 33.7. The molecule has 15 heteroatoms. The van der Waals surface area contributed by atoms with Crippen molar-refractivity contribution in [1.82, 2.24) is 19.9 Å². The van der Waals surface area contributed by atoms with Crippen molar-refractivity contribution >= 4 is 33.6 Å². The average molecular weight is 822 g/mol. The van der Waals surface area contributed by atoms with Gasteiger partial charge in [-0.25, -0.2) is 9.97 Å². The van der Waals surface area contributed by atoms with Crippen molar-refractivity contribution in [3.8, 4) is 0 Å². The van der Waals surface area contributed by atoms with Crippen LogP contribution in [0.25, 0.3) is 0 Å². The minimum absolute atomic E-state index is 0.264. The van der Waals surface area contributed by atoms with Crippen molar-refractivity contribution in [3.05, 3.63) is 117 Å². The van der Waals surface area contributed by atoms with E-state index in [9.17, 15) is 9.90 Å². The third-order valence-corrected chi connectivity index (χ3v) is 8.61. The fourth-order valence-corrected chi connectivity index (χ4v) is 5.50. The van der Waals surface area contributed by atoms with Gasteiger partial charge in [-0.15, -0.1) is 0 Å². The highest BCUT2D eigenvalue weighted by atomic mass is 79.9. The van der Waals surface area contributed by atoms with Crippen LogP contribution in [0.3, 0.4) is 0 Å². The Morgan fingerprint density at radius 2 is 1.22 bits per heavy atom. The molecular formula is C40H49BrN6O8. The number of pyridine rings is 4. The van der Waals surface area contributed by atoms with Crippen LogP contribution in [0.4, 0.5) is 0 Å². The SMILES string of the molecule is C/C(=N\OCCC(O)c1cccc(C2(C)OCCO2)n1)c1cccc(C)n1.C/C(=N\OCCC=O)c1cccc(C)n1.CC1(c2cccc(Br)n2)OCCO1. The topological polar surface area (TPSA) is 169 Å². The zero-order chi connectivity index (χ0) is 39.7. The van der Waals surface area contributed by atoms with Crippen LogP contribution < -0.4 is 0 Å². The predicted octanol–water partition coefficient (Wildman–Crippen LogP) is 6.65. The number of aliphatic hydroxyl groups is 1. The van der Waals surface area contributed by atoms with Gasteiger partial charge in [0.15, 0.2) is 0 Å². The van der Waals surface area contributed by atoms with Gasteiger partial charge in [0.05, 0.1) is 55.3 Å². The van der Waals surface area contributed by atoms with Crippen LogP contribution in [0.5, 0.6) is 0 Å². The lowest BCUT2D eigenvalue weighted by atomic mass is 10.1. The molecule has 1 N–H and O–H groups in total. The molecule has 4 aromatic heterocycles. The molecule has 294 valence electrons. The Kier molecular flexibility index (Phi) is 16.9. The number of aryl methyl sites for hydroxylation is 2. The summed E-state index contributed by atoms with van der Waals surface area (Å²) in [6.07, 6.45) is 0.767. The number of rotatable bonds is 13. The van der Waals surface area contributed by atoms with E-state index in [0.29, 0.717) is 68.7 Å². The van der Waals surface area contributed by atoms with Gasteiger partial charge in [-0.2, -0.15) is 0 Å². The Bertz CT molecular complexity index is 1880. The molecule has 0 bridgehead atoms. The standard InChI is InChI=1S/C20H25N3O4.C11H14N2O2.C9H10BrNO2/c1-14-6-4-7-16(21-14)15(2)23-27-11-10-18(24)17-8-5-9-19(22-17)20(3)25-12-13-26-20;1-9-5-3-6-11(12-9)10(2)13-15-8-4-7-14;1-9(12-5-6-13-9)7-3-2-4-8(10)11-7/h4-9,18,24H,10-13H2,1-3H3;3,5-7H,4,8H2,1-2H3;2-4H,5-6H2,1H3/b23-15+;13-10+;. The number of halogens is 1. The maximum absolute atomic E-state index is 10.4. The Morgan fingerprint density at radius 1 is 0.745 bits per heavy atom. The lowest BCUT2D eigenvalue weighted by molar-refractivity contribution is -0.153. The van der Waals surface area contributed by atoms with E-state index in [-0.39, 0.29) is 6.61 Å². The van der Waals surface area contributed by atoms with Gasteiger partial charge in [0.2, 0.25) is 11.6 Å². The zero-order valence-electron chi connectivity index (χ0n) is 32.1. The first-order chi connectivity index (χ1) is 26.4. The molecule has 6 heterocycles. The highest BCUT2D eigenvalue weighted by Gasteiger charge is 2.35. The number of carbonyl (C=O) groups excluding carboxylic acids is 1.